The lowest BCUT2D eigenvalue weighted by Crippen LogP contribution is -2.40. The number of aromatic nitrogens is 1. The molecule has 0 bridgehead atoms. The van der Waals surface area contributed by atoms with E-state index < -0.39 is 10.0 Å². The monoisotopic (exact) mass is 313 g/mol. The first-order valence-corrected chi connectivity index (χ1v) is 8.83. The maximum Gasteiger partial charge on any atom is 0.259 e. The molecule has 116 valence electrons. The Kier molecular flexibility index (Phi) is 3.32. The standard InChI is InChI=1S/C13H19N3O4S/c1-8-12(9(2)20-14-8)13(17)16-5-4-10-6-15(7-11(10)16)21(3,18)19/h10-11H,4-7H2,1-3H3. The second-order valence-corrected chi connectivity index (χ2v) is 7.88. The van der Waals surface area contributed by atoms with Gasteiger partial charge in [-0.05, 0) is 26.2 Å². The van der Waals surface area contributed by atoms with Gasteiger partial charge in [-0.3, -0.25) is 4.79 Å². The number of sulfonamides is 1. The average Bonchev–Trinajstić information content (AvgIpc) is 3.01. The van der Waals surface area contributed by atoms with Gasteiger partial charge in [-0.25, -0.2) is 8.42 Å². The minimum atomic E-state index is -3.20. The molecule has 2 saturated heterocycles. The van der Waals surface area contributed by atoms with E-state index in [9.17, 15) is 13.2 Å². The summed E-state index contributed by atoms with van der Waals surface area (Å²) in [4.78, 5) is 14.5. The summed E-state index contributed by atoms with van der Waals surface area (Å²) in [5.41, 5.74) is 1.09. The topological polar surface area (TPSA) is 83.7 Å². The summed E-state index contributed by atoms with van der Waals surface area (Å²) in [6, 6.07) is -0.0408. The minimum Gasteiger partial charge on any atom is -0.361 e. The molecule has 2 aliphatic rings. The van der Waals surface area contributed by atoms with Crippen LogP contribution in [0.25, 0.3) is 0 Å². The van der Waals surface area contributed by atoms with Crippen LogP contribution in [0, 0.1) is 19.8 Å². The van der Waals surface area contributed by atoms with Crippen LogP contribution in [-0.2, 0) is 10.0 Å². The largest absolute Gasteiger partial charge is 0.361 e. The number of nitrogens with zero attached hydrogens (tertiary/aromatic N) is 3. The first-order valence-electron chi connectivity index (χ1n) is 6.98. The van der Waals surface area contributed by atoms with E-state index >= 15 is 0 Å². The molecule has 0 N–H and O–H groups in total. The van der Waals surface area contributed by atoms with Gasteiger partial charge in [0, 0.05) is 25.7 Å². The Balaban J connectivity index is 1.84. The number of aryl methyl sites for hydroxylation is 2. The van der Waals surface area contributed by atoms with Crippen LogP contribution in [-0.4, -0.2) is 60.6 Å². The molecule has 8 heteroatoms. The molecule has 0 aromatic carbocycles. The number of hydrogen-bond acceptors (Lipinski definition) is 5. The van der Waals surface area contributed by atoms with Gasteiger partial charge in [-0.1, -0.05) is 5.16 Å². The Morgan fingerprint density at radius 1 is 1.33 bits per heavy atom. The average molecular weight is 313 g/mol. The zero-order valence-electron chi connectivity index (χ0n) is 12.4. The fourth-order valence-electron chi connectivity index (χ4n) is 3.38. The summed E-state index contributed by atoms with van der Waals surface area (Å²) in [7, 11) is -3.20. The lowest BCUT2D eigenvalue weighted by molar-refractivity contribution is 0.0730. The Morgan fingerprint density at radius 2 is 2.05 bits per heavy atom. The molecule has 1 amide bonds. The molecule has 0 radical (unpaired) electrons. The second-order valence-electron chi connectivity index (χ2n) is 5.89. The summed E-state index contributed by atoms with van der Waals surface area (Å²) >= 11 is 0. The molecule has 2 unspecified atom stereocenters. The van der Waals surface area contributed by atoms with Crippen LogP contribution in [0.3, 0.4) is 0 Å². The number of hydrogen-bond donors (Lipinski definition) is 0. The molecule has 2 aliphatic heterocycles. The Bertz CT molecular complexity index is 662. The van der Waals surface area contributed by atoms with Gasteiger partial charge in [0.15, 0.2) is 0 Å². The van der Waals surface area contributed by atoms with Gasteiger partial charge >= 0.3 is 0 Å². The van der Waals surface area contributed by atoms with E-state index in [1.807, 2.05) is 0 Å². The molecular formula is C13H19N3O4S. The predicted octanol–water partition coefficient (Wildman–Crippen LogP) is 0.397. The van der Waals surface area contributed by atoms with Gasteiger partial charge in [0.1, 0.15) is 11.3 Å². The highest BCUT2D eigenvalue weighted by Gasteiger charge is 2.46. The van der Waals surface area contributed by atoms with E-state index in [0.29, 0.717) is 36.7 Å². The van der Waals surface area contributed by atoms with Crippen LogP contribution >= 0.6 is 0 Å². The lowest BCUT2D eigenvalue weighted by atomic mass is 10.0. The summed E-state index contributed by atoms with van der Waals surface area (Å²) in [6.45, 7) is 5.02. The number of amides is 1. The van der Waals surface area contributed by atoms with Crippen LogP contribution in [0.4, 0.5) is 0 Å². The Morgan fingerprint density at radius 3 is 2.62 bits per heavy atom. The van der Waals surface area contributed by atoms with E-state index in [1.54, 1.807) is 18.7 Å². The van der Waals surface area contributed by atoms with Crippen molar-refractivity contribution in [1.82, 2.24) is 14.4 Å². The summed E-state index contributed by atoms with van der Waals surface area (Å²) < 4.78 is 29.9. The molecular weight excluding hydrogens is 294 g/mol. The Hall–Kier alpha value is -1.41. The number of carbonyl (C=O) groups excluding carboxylic acids is 1. The molecule has 0 saturated carbocycles. The summed E-state index contributed by atoms with van der Waals surface area (Å²) in [5.74, 6) is 0.636. The van der Waals surface area contributed by atoms with Crippen LogP contribution in [0.5, 0.6) is 0 Å². The zero-order valence-corrected chi connectivity index (χ0v) is 13.2. The molecule has 3 rings (SSSR count). The fourth-order valence-corrected chi connectivity index (χ4v) is 4.26. The molecule has 1 aromatic heterocycles. The highest BCUT2D eigenvalue weighted by molar-refractivity contribution is 7.88. The highest BCUT2D eigenvalue weighted by Crippen LogP contribution is 2.34. The van der Waals surface area contributed by atoms with Crippen molar-refractivity contribution in [3.63, 3.8) is 0 Å². The predicted molar refractivity (Wildman–Crippen MR) is 75.3 cm³/mol. The highest BCUT2D eigenvalue weighted by atomic mass is 32.2. The van der Waals surface area contributed by atoms with Gasteiger partial charge < -0.3 is 9.42 Å². The number of likely N-dealkylation sites (tertiary alicyclic amines) is 1. The van der Waals surface area contributed by atoms with Crippen LogP contribution in [0.2, 0.25) is 0 Å². The van der Waals surface area contributed by atoms with Gasteiger partial charge in [0.25, 0.3) is 5.91 Å². The molecule has 3 heterocycles. The molecule has 2 atom stereocenters. The van der Waals surface area contributed by atoms with E-state index in [0.717, 1.165) is 6.42 Å². The van der Waals surface area contributed by atoms with Crippen LogP contribution in [0.15, 0.2) is 4.52 Å². The van der Waals surface area contributed by atoms with Crippen molar-refractivity contribution >= 4 is 15.9 Å². The smallest absolute Gasteiger partial charge is 0.259 e. The molecule has 1 aromatic rings. The van der Waals surface area contributed by atoms with Crippen molar-refractivity contribution in [3.05, 3.63) is 17.0 Å². The Labute approximate surface area is 123 Å². The minimum absolute atomic E-state index is 0.0408. The van der Waals surface area contributed by atoms with Crippen molar-refractivity contribution in [1.29, 1.82) is 0 Å². The first kappa shape index (κ1) is 14.5. The molecule has 21 heavy (non-hydrogen) atoms. The third kappa shape index (κ3) is 2.36. The maximum absolute atomic E-state index is 12.7. The van der Waals surface area contributed by atoms with Crippen molar-refractivity contribution in [2.24, 2.45) is 5.92 Å². The number of fused-ring (bicyclic) bond motifs is 1. The van der Waals surface area contributed by atoms with Gasteiger partial charge in [-0.15, -0.1) is 0 Å². The molecule has 7 nitrogen and oxygen atoms in total. The van der Waals surface area contributed by atoms with Crippen molar-refractivity contribution < 1.29 is 17.7 Å². The lowest BCUT2D eigenvalue weighted by Gasteiger charge is -2.24. The van der Waals surface area contributed by atoms with E-state index in [4.69, 9.17) is 4.52 Å². The zero-order chi connectivity index (χ0) is 15.4. The normalized spacial score (nSPS) is 26.3. The van der Waals surface area contributed by atoms with E-state index in [1.165, 1.54) is 10.6 Å². The van der Waals surface area contributed by atoms with Gasteiger partial charge in [-0.2, -0.15) is 4.31 Å². The first-order chi connectivity index (χ1) is 9.79. The maximum atomic E-state index is 12.7. The van der Waals surface area contributed by atoms with Gasteiger partial charge in [0.05, 0.1) is 11.9 Å². The van der Waals surface area contributed by atoms with Crippen LogP contribution < -0.4 is 0 Å². The van der Waals surface area contributed by atoms with Crippen molar-refractivity contribution in [2.75, 3.05) is 25.9 Å². The SMILES string of the molecule is Cc1noc(C)c1C(=O)N1CCC2CN(S(C)(=O)=O)CC21. The molecule has 0 aliphatic carbocycles. The van der Waals surface area contributed by atoms with Crippen molar-refractivity contribution in [3.8, 4) is 0 Å². The third-order valence-electron chi connectivity index (χ3n) is 4.49. The second kappa shape index (κ2) is 4.81. The van der Waals surface area contributed by atoms with E-state index in [-0.39, 0.29) is 17.9 Å². The summed E-state index contributed by atoms with van der Waals surface area (Å²) in [6.07, 6.45) is 2.06. The number of rotatable bonds is 2. The van der Waals surface area contributed by atoms with Gasteiger partial charge in [0.2, 0.25) is 10.0 Å². The number of carbonyl (C=O) groups is 1. The quantitative estimate of drug-likeness (QED) is 0.789. The van der Waals surface area contributed by atoms with Crippen molar-refractivity contribution in [2.45, 2.75) is 26.3 Å². The fraction of sp³-hybridized carbons (Fsp3) is 0.692. The van der Waals surface area contributed by atoms with E-state index in [2.05, 4.69) is 5.16 Å². The molecule has 2 fully saturated rings. The third-order valence-corrected chi connectivity index (χ3v) is 5.73. The summed E-state index contributed by atoms with van der Waals surface area (Å²) in [5, 5.41) is 3.82. The van der Waals surface area contributed by atoms with Crippen LogP contribution in [0.1, 0.15) is 28.2 Å². The molecule has 0 spiro atoms.